The first-order valence-electron chi connectivity index (χ1n) is 2.44. The normalized spacial score (nSPS) is 13.0. The molecule has 1 aliphatic rings. The van der Waals surface area contributed by atoms with Crippen LogP contribution in [0.5, 0.6) is 0 Å². The van der Waals surface area contributed by atoms with E-state index in [4.69, 9.17) is 5.73 Å². The first-order valence-corrected chi connectivity index (χ1v) is 3.26. The number of hydrogen-bond acceptors (Lipinski definition) is 2. The van der Waals surface area contributed by atoms with Gasteiger partial charge in [-0.3, -0.25) is 0 Å². The lowest BCUT2D eigenvalue weighted by atomic mass is 10.3. The number of fused-ring (bicyclic) bond motifs is 1. The Morgan fingerprint density at radius 1 is 1.38 bits per heavy atom. The summed E-state index contributed by atoms with van der Waals surface area (Å²) in [7, 11) is 0. The number of anilines is 1. The van der Waals surface area contributed by atoms with Crippen LogP contribution in [0.2, 0.25) is 0 Å². The molecule has 1 heterocycles. The number of nitrogen functional groups attached to an aromatic ring is 1. The van der Waals surface area contributed by atoms with Crippen LogP contribution < -0.4 is 5.73 Å². The van der Waals surface area contributed by atoms with E-state index in [1.54, 1.807) is 11.8 Å². The molecule has 8 heavy (non-hydrogen) atoms. The average molecular weight is 123 g/mol. The van der Waals surface area contributed by atoms with Crippen molar-refractivity contribution in [3.63, 3.8) is 0 Å². The molecular weight excluding hydrogens is 118 g/mol. The van der Waals surface area contributed by atoms with Crippen molar-refractivity contribution >= 4 is 17.4 Å². The van der Waals surface area contributed by atoms with E-state index in [0.717, 1.165) is 5.69 Å². The fraction of sp³-hybridized carbons (Fsp3) is 0. The highest BCUT2D eigenvalue weighted by Gasteiger charge is 2.19. The molecule has 0 aromatic heterocycles. The topological polar surface area (TPSA) is 26.0 Å². The van der Waals surface area contributed by atoms with E-state index >= 15 is 0 Å². The fourth-order valence-corrected chi connectivity index (χ4v) is 1.40. The van der Waals surface area contributed by atoms with Gasteiger partial charge in [0.1, 0.15) is 0 Å². The third kappa shape index (κ3) is 0.434. The van der Waals surface area contributed by atoms with Gasteiger partial charge in [0.2, 0.25) is 0 Å². The van der Waals surface area contributed by atoms with Gasteiger partial charge >= 0.3 is 0 Å². The Balaban J connectivity index is 2.70. The molecule has 1 nitrogen and oxygen atoms in total. The SMILES string of the molecule is Nc1cccc2c1S2. The fourth-order valence-electron chi connectivity index (χ4n) is 0.710. The molecule has 0 unspecified atom stereocenters. The van der Waals surface area contributed by atoms with E-state index in [2.05, 4.69) is 6.07 Å². The highest BCUT2D eigenvalue weighted by molar-refractivity contribution is 8.05. The van der Waals surface area contributed by atoms with Gasteiger partial charge in [-0.25, -0.2) is 0 Å². The van der Waals surface area contributed by atoms with Crippen LogP contribution in [0.1, 0.15) is 0 Å². The van der Waals surface area contributed by atoms with Crippen molar-refractivity contribution in [2.45, 2.75) is 9.79 Å². The van der Waals surface area contributed by atoms with Crippen LogP contribution in [0.4, 0.5) is 5.69 Å². The second kappa shape index (κ2) is 1.20. The summed E-state index contributed by atoms with van der Waals surface area (Å²) in [6.07, 6.45) is 0. The summed E-state index contributed by atoms with van der Waals surface area (Å²) in [6.45, 7) is 0. The molecule has 2 N–H and O–H groups in total. The molecule has 0 fully saturated rings. The Morgan fingerprint density at radius 3 is 2.88 bits per heavy atom. The predicted octanol–water partition coefficient (Wildman–Crippen LogP) is 1.73. The molecule has 2 heteroatoms. The van der Waals surface area contributed by atoms with E-state index in [1.807, 2.05) is 12.1 Å². The summed E-state index contributed by atoms with van der Waals surface area (Å²) in [4.78, 5) is 2.61. The maximum Gasteiger partial charge on any atom is 0.0492 e. The van der Waals surface area contributed by atoms with Gasteiger partial charge in [-0.1, -0.05) is 17.8 Å². The monoisotopic (exact) mass is 123 g/mol. The second-order valence-corrected chi connectivity index (χ2v) is 2.83. The summed E-state index contributed by atoms with van der Waals surface area (Å²) in [5, 5.41) is 0. The molecular formula is C6H5NS. The van der Waals surface area contributed by atoms with Gasteiger partial charge in [-0.2, -0.15) is 0 Å². The number of rotatable bonds is 0. The van der Waals surface area contributed by atoms with Crippen LogP contribution in [-0.2, 0) is 0 Å². The van der Waals surface area contributed by atoms with Gasteiger partial charge in [0.15, 0.2) is 0 Å². The highest BCUT2D eigenvalue weighted by Crippen LogP contribution is 2.51. The third-order valence-electron chi connectivity index (χ3n) is 1.18. The molecule has 0 bridgehead atoms. The molecule has 0 amide bonds. The molecule has 1 aliphatic heterocycles. The van der Waals surface area contributed by atoms with Crippen LogP contribution in [0, 0.1) is 0 Å². The van der Waals surface area contributed by atoms with Gasteiger partial charge in [0.05, 0.1) is 0 Å². The number of benzene rings is 1. The van der Waals surface area contributed by atoms with Crippen LogP contribution >= 0.6 is 11.8 Å². The third-order valence-corrected chi connectivity index (χ3v) is 2.20. The zero-order chi connectivity index (χ0) is 5.56. The van der Waals surface area contributed by atoms with Gasteiger partial charge in [-0.15, -0.1) is 0 Å². The van der Waals surface area contributed by atoms with Gasteiger partial charge in [0, 0.05) is 15.5 Å². The Kier molecular flexibility index (Phi) is 0.641. The average Bonchev–Trinajstić information content (AvgIpc) is 2.45. The molecule has 2 rings (SSSR count). The minimum atomic E-state index is 0.924. The van der Waals surface area contributed by atoms with Crippen molar-refractivity contribution in [1.29, 1.82) is 0 Å². The summed E-state index contributed by atoms with van der Waals surface area (Å²) < 4.78 is 0. The van der Waals surface area contributed by atoms with E-state index in [1.165, 1.54) is 9.79 Å². The molecule has 0 spiro atoms. The summed E-state index contributed by atoms with van der Waals surface area (Å²) in [5.74, 6) is 0. The zero-order valence-corrected chi connectivity index (χ0v) is 5.03. The summed E-state index contributed by atoms with van der Waals surface area (Å²) in [5.41, 5.74) is 6.47. The molecule has 0 saturated heterocycles. The lowest BCUT2D eigenvalue weighted by Gasteiger charge is -1.81. The van der Waals surface area contributed by atoms with Gasteiger partial charge in [0.25, 0.3) is 0 Å². The molecule has 0 atom stereocenters. The smallest absolute Gasteiger partial charge is 0.0492 e. The predicted molar refractivity (Wildman–Crippen MR) is 35.0 cm³/mol. The number of hydrogen-bond donors (Lipinski definition) is 1. The minimum absolute atomic E-state index is 0.924. The Hall–Kier alpha value is -0.630. The van der Waals surface area contributed by atoms with Crippen molar-refractivity contribution in [3.8, 4) is 0 Å². The van der Waals surface area contributed by atoms with Crippen molar-refractivity contribution < 1.29 is 0 Å². The van der Waals surface area contributed by atoms with E-state index in [9.17, 15) is 0 Å². The molecule has 0 saturated carbocycles. The molecule has 1 aromatic carbocycles. The Labute approximate surface area is 51.9 Å². The van der Waals surface area contributed by atoms with Gasteiger partial charge < -0.3 is 5.73 Å². The Bertz CT molecular complexity index is 232. The maximum atomic E-state index is 5.55. The quantitative estimate of drug-likeness (QED) is 0.426. The minimum Gasteiger partial charge on any atom is -0.398 e. The standard InChI is InChI=1S/C6H5NS/c7-4-2-1-3-5-6(4)8-5/h1-3H,7H2. The largest absolute Gasteiger partial charge is 0.398 e. The van der Waals surface area contributed by atoms with E-state index < -0.39 is 0 Å². The van der Waals surface area contributed by atoms with Crippen LogP contribution in [0.15, 0.2) is 28.0 Å². The first kappa shape index (κ1) is 4.27. The Morgan fingerprint density at radius 2 is 2.25 bits per heavy atom. The summed E-state index contributed by atoms with van der Waals surface area (Å²) in [6, 6.07) is 5.99. The van der Waals surface area contributed by atoms with Crippen LogP contribution in [-0.4, -0.2) is 0 Å². The van der Waals surface area contributed by atoms with Gasteiger partial charge in [-0.05, 0) is 12.1 Å². The second-order valence-electron chi connectivity index (χ2n) is 1.78. The molecule has 0 radical (unpaired) electrons. The zero-order valence-electron chi connectivity index (χ0n) is 4.22. The van der Waals surface area contributed by atoms with Crippen LogP contribution in [0.3, 0.4) is 0 Å². The number of nitrogens with two attached hydrogens (primary N) is 1. The lowest BCUT2D eigenvalue weighted by molar-refractivity contribution is 1.38. The molecule has 40 valence electrons. The van der Waals surface area contributed by atoms with Crippen molar-refractivity contribution in [3.05, 3.63) is 18.2 Å². The summed E-state index contributed by atoms with van der Waals surface area (Å²) >= 11 is 1.76. The van der Waals surface area contributed by atoms with Crippen molar-refractivity contribution in [2.24, 2.45) is 0 Å². The van der Waals surface area contributed by atoms with E-state index in [0.29, 0.717) is 0 Å². The molecule has 0 aliphatic carbocycles. The van der Waals surface area contributed by atoms with Crippen molar-refractivity contribution in [2.75, 3.05) is 5.73 Å². The van der Waals surface area contributed by atoms with Crippen molar-refractivity contribution in [1.82, 2.24) is 0 Å². The highest BCUT2D eigenvalue weighted by atomic mass is 32.2. The maximum absolute atomic E-state index is 5.55. The first-order chi connectivity index (χ1) is 3.88. The van der Waals surface area contributed by atoms with Crippen LogP contribution in [0.25, 0.3) is 0 Å². The van der Waals surface area contributed by atoms with E-state index in [-0.39, 0.29) is 0 Å². The molecule has 1 aromatic rings. The lowest BCUT2D eigenvalue weighted by Crippen LogP contribution is -1.79.